The van der Waals surface area contributed by atoms with Crippen LogP contribution < -0.4 is 5.32 Å². The summed E-state index contributed by atoms with van der Waals surface area (Å²) in [5.41, 5.74) is 0. The third-order valence-corrected chi connectivity index (χ3v) is 4.19. The second kappa shape index (κ2) is 6.29. The molecule has 1 unspecified atom stereocenters. The lowest BCUT2D eigenvalue weighted by Crippen LogP contribution is -2.44. The second-order valence-corrected chi connectivity index (χ2v) is 6.22. The maximum atomic E-state index is 12.3. The molecule has 0 radical (unpaired) electrons. The highest BCUT2D eigenvalue weighted by Crippen LogP contribution is 2.15. The minimum absolute atomic E-state index is 0.00604. The molecule has 100 valence electrons. The monoisotopic (exact) mass is 267 g/mol. The lowest BCUT2D eigenvalue weighted by Gasteiger charge is -2.22. The fourth-order valence-electron chi connectivity index (χ4n) is 2.30. The Labute approximate surface area is 112 Å². The standard InChI is InChI=1S/C13H21N3OS/c1-10-15-8-11(18-10)9-16(2)13(17)12-6-4-3-5-7-14-12/h8,12,14H,3-7,9H2,1-2H3. The predicted octanol–water partition coefficient (Wildman–Crippen LogP) is 1.94. The van der Waals surface area contributed by atoms with Gasteiger partial charge in [0.25, 0.3) is 0 Å². The molecule has 5 heteroatoms. The van der Waals surface area contributed by atoms with E-state index in [9.17, 15) is 4.79 Å². The maximum Gasteiger partial charge on any atom is 0.239 e. The molecule has 1 amide bonds. The van der Waals surface area contributed by atoms with Gasteiger partial charge in [-0.2, -0.15) is 0 Å². The van der Waals surface area contributed by atoms with Gasteiger partial charge in [-0.3, -0.25) is 4.79 Å². The normalized spacial score (nSPS) is 20.4. The van der Waals surface area contributed by atoms with Crippen molar-refractivity contribution in [1.82, 2.24) is 15.2 Å². The summed E-state index contributed by atoms with van der Waals surface area (Å²) in [5.74, 6) is 0.211. The number of carbonyl (C=O) groups is 1. The Bertz CT molecular complexity index is 397. The Hall–Kier alpha value is -0.940. The van der Waals surface area contributed by atoms with Gasteiger partial charge in [-0.05, 0) is 26.3 Å². The fraction of sp³-hybridized carbons (Fsp3) is 0.692. The number of carbonyl (C=O) groups excluding carboxylic acids is 1. The van der Waals surface area contributed by atoms with E-state index in [4.69, 9.17) is 0 Å². The van der Waals surface area contributed by atoms with Gasteiger partial charge in [0.2, 0.25) is 5.91 Å². The third kappa shape index (κ3) is 3.53. The molecule has 1 N–H and O–H groups in total. The molecule has 1 aromatic heterocycles. The number of aryl methyl sites for hydroxylation is 1. The molecule has 1 aliphatic rings. The van der Waals surface area contributed by atoms with Crippen LogP contribution in [0.25, 0.3) is 0 Å². The maximum absolute atomic E-state index is 12.3. The van der Waals surface area contributed by atoms with Crippen molar-refractivity contribution in [3.8, 4) is 0 Å². The number of amides is 1. The zero-order chi connectivity index (χ0) is 13.0. The van der Waals surface area contributed by atoms with Crippen molar-refractivity contribution in [2.24, 2.45) is 0 Å². The molecule has 0 aromatic carbocycles. The van der Waals surface area contributed by atoms with Gasteiger partial charge in [0, 0.05) is 18.1 Å². The first-order valence-electron chi connectivity index (χ1n) is 6.56. The summed E-state index contributed by atoms with van der Waals surface area (Å²) in [6.45, 7) is 3.62. The lowest BCUT2D eigenvalue weighted by molar-refractivity contribution is -0.132. The number of hydrogen-bond acceptors (Lipinski definition) is 4. The summed E-state index contributed by atoms with van der Waals surface area (Å²) in [7, 11) is 1.88. The number of hydrogen-bond donors (Lipinski definition) is 1. The van der Waals surface area contributed by atoms with Crippen LogP contribution >= 0.6 is 11.3 Å². The molecular weight excluding hydrogens is 246 g/mol. The molecular formula is C13H21N3OS. The number of nitrogens with one attached hydrogen (secondary N) is 1. The van der Waals surface area contributed by atoms with E-state index in [0.29, 0.717) is 6.54 Å². The van der Waals surface area contributed by atoms with Crippen LogP contribution in [0.2, 0.25) is 0 Å². The summed E-state index contributed by atoms with van der Waals surface area (Å²) >= 11 is 1.66. The van der Waals surface area contributed by atoms with Crippen molar-refractivity contribution in [1.29, 1.82) is 0 Å². The first kappa shape index (κ1) is 13.5. The molecule has 4 nitrogen and oxygen atoms in total. The minimum Gasteiger partial charge on any atom is -0.339 e. The molecule has 1 aliphatic heterocycles. The summed E-state index contributed by atoms with van der Waals surface area (Å²) in [6, 6.07) is 0.00604. The van der Waals surface area contributed by atoms with Gasteiger partial charge in [-0.1, -0.05) is 12.8 Å². The molecule has 0 spiro atoms. The van der Waals surface area contributed by atoms with E-state index in [0.717, 1.165) is 29.3 Å². The average Bonchev–Trinajstić information content (AvgIpc) is 2.62. The van der Waals surface area contributed by atoms with Crippen LogP contribution in [0.15, 0.2) is 6.20 Å². The number of aromatic nitrogens is 1. The van der Waals surface area contributed by atoms with E-state index in [-0.39, 0.29) is 11.9 Å². The molecule has 1 atom stereocenters. The minimum atomic E-state index is 0.00604. The molecule has 0 saturated carbocycles. The van der Waals surface area contributed by atoms with Crippen LogP contribution in [0.3, 0.4) is 0 Å². The van der Waals surface area contributed by atoms with E-state index < -0.39 is 0 Å². The van der Waals surface area contributed by atoms with Crippen molar-refractivity contribution < 1.29 is 4.79 Å². The van der Waals surface area contributed by atoms with E-state index in [1.165, 1.54) is 12.8 Å². The largest absolute Gasteiger partial charge is 0.339 e. The van der Waals surface area contributed by atoms with Crippen molar-refractivity contribution in [2.45, 2.75) is 45.2 Å². The Morgan fingerprint density at radius 1 is 1.56 bits per heavy atom. The highest BCUT2D eigenvalue weighted by molar-refractivity contribution is 7.11. The molecule has 1 fully saturated rings. The van der Waals surface area contributed by atoms with Crippen LogP contribution in [0.1, 0.15) is 35.6 Å². The molecule has 0 aliphatic carbocycles. The third-order valence-electron chi connectivity index (χ3n) is 3.30. The topological polar surface area (TPSA) is 45.2 Å². The molecule has 0 bridgehead atoms. The first-order chi connectivity index (χ1) is 8.66. The Balaban J connectivity index is 1.91. The summed E-state index contributed by atoms with van der Waals surface area (Å²) in [4.78, 5) is 19.5. The van der Waals surface area contributed by atoms with Gasteiger partial charge in [0.15, 0.2) is 0 Å². The molecule has 1 aromatic rings. The Kier molecular flexibility index (Phi) is 4.72. The van der Waals surface area contributed by atoms with Gasteiger partial charge in [0.1, 0.15) is 0 Å². The number of thiazole rings is 1. The quantitative estimate of drug-likeness (QED) is 0.910. The van der Waals surface area contributed by atoms with E-state index in [1.807, 2.05) is 25.1 Å². The van der Waals surface area contributed by atoms with Crippen molar-refractivity contribution in [3.63, 3.8) is 0 Å². The van der Waals surface area contributed by atoms with Crippen LogP contribution in [0.5, 0.6) is 0 Å². The fourth-order valence-corrected chi connectivity index (χ4v) is 3.14. The van der Waals surface area contributed by atoms with Crippen molar-refractivity contribution in [2.75, 3.05) is 13.6 Å². The van der Waals surface area contributed by atoms with E-state index in [2.05, 4.69) is 10.3 Å². The Morgan fingerprint density at radius 3 is 3.11 bits per heavy atom. The van der Waals surface area contributed by atoms with Crippen molar-refractivity contribution >= 4 is 17.2 Å². The van der Waals surface area contributed by atoms with Gasteiger partial charge in [0.05, 0.1) is 17.6 Å². The summed E-state index contributed by atoms with van der Waals surface area (Å²) in [5, 5.41) is 4.40. The highest BCUT2D eigenvalue weighted by Gasteiger charge is 2.22. The SMILES string of the molecule is Cc1ncc(CN(C)C(=O)C2CCCCCN2)s1. The van der Waals surface area contributed by atoms with Crippen LogP contribution in [0.4, 0.5) is 0 Å². The first-order valence-corrected chi connectivity index (χ1v) is 7.38. The average molecular weight is 267 g/mol. The number of nitrogens with zero attached hydrogens (tertiary/aromatic N) is 2. The summed E-state index contributed by atoms with van der Waals surface area (Å²) < 4.78 is 0. The smallest absolute Gasteiger partial charge is 0.239 e. The van der Waals surface area contributed by atoms with Crippen LogP contribution in [-0.4, -0.2) is 35.4 Å². The van der Waals surface area contributed by atoms with Gasteiger partial charge < -0.3 is 10.2 Å². The number of likely N-dealkylation sites (N-methyl/N-ethyl adjacent to an activating group) is 1. The predicted molar refractivity (Wildman–Crippen MR) is 73.6 cm³/mol. The molecule has 1 saturated heterocycles. The lowest BCUT2D eigenvalue weighted by atomic mass is 10.1. The summed E-state index contributed by atoms with van der Waals surface area (Å²) in [6.07, 6.45) is 6.39. The Morgan fingerprint density at radius 2 is 2.39 bits per heavy atom. The van der Waals surface area contributed by atoms with Gasteiger partial charge >= 0.3 is 0 Å². The van der Waals surface area contributed by atoms with E-state index in [1.54, 1.807) is 11.3 Å². The second-order valence-electron chi connectivity index (χ2n) is 4.90. The molecule has 2 rings (SSSR count). The van der Waals surface area contributed by atoms with Crippen LogP contribution in [-0.2, 0) is 11.3 Å². The zero-order valence-corrected chi connectivity index (χ0v) is 11.9. The highest BCUT2D eigenvalue weighted by atomic mass is 32.1. The zero-order valence-electron chi connectivity index (χ0n) is 11.1. The molecule has 2 heterocycles. The van der Waals surface area contributed by atoms with Gasteiger partial charge in [-0.25, -0.2) is 4.98 Å². The van der Waals surface area contributed by atoms with Crippen LogP contribution in [0, 0.1) is 6.92 Å². The van der Waals surface area contributed by atoms with Gasteiger partial charge in [-0.15, -0.1) is 11.3 Å². The van der Waals surface area contributed by atoms with Crippen molar-refractivity contribution in [3.05, 3.63) is 16.1 Å². The number of rotatable bonds is 3. The van der Waals surface area contributed by atoms with E-state index >= 15 is 0 Å². The molecule has 18 heavy (non-hydrogen) atoms.